The van der Waals surface area contributed by atoms with Crippen molar-refractivity contribution >= 4 is 16.2 Å². The molecule has 1 saturated heterocycles. The molecule has 0 aromatic rings. The van der Waals surface area contributed by atoms with Gasteiger partial charge in [0.25, 0.3) is 10.1 Å². The predicted molar refractivity (Wildman–Crippen MR) is 79.6 cm³/mol. The van der Waals surface area contributed by atoms with E-state index in [1.54, 1.807) is 11.8 Å². The summed E-state index contributed by atoms with van der Waals surface area (Å²) in [6.07, 6.45) is 0.347. The fourth-order valence-electron chi connectivity index (χ4n) is 2.13. The smallest absolute Gasteiger partial charge is 0.410 e. The summed E-state index contributed by atoms with van der Waals surface area (Å²) in [5.74, 6) is 0. The van der Waals surface area contributed by atoms with E-state index >= 15 is 0 Å². The van der Waals surface area contributed by atoms with Gasteiger partial charge in [-0.1, -0.05) is 0 Å². The van der Waals surface area contributed by atoms with Gasteiger partial charge in [-0.3, -0.25) is 9.08 Å². The van der Waals surface area contributed by atoms with Crippen molar-refractivity contribution in [3.63, 3.8) is 0 Å². The summed E-state index contributed by atoms with van der Waals surface area (Å²) in [7, 11) is -3.43. The molecule has 0 aromatic heterocycles. The molecule has 0 bridgehead atoms. The lowest BCUT2D eigenvalue weighted by molar-refractivity contribution is 0.0120. The second-order valence-corrected chi connectivity index (χ2v) is 7.98. The van der Waals surface area contributed by atoms with Crippen LogP contribution in [0.4, 0.5) is 4.79 Å². The number of hydrogen-bond donors (Lipinski definition) is 0. The van der Waals surface area contributed by atoms with Gasteiger partial charge < -0.3 is 9.64 Å². The average Bonchev–Trinajstić information content (AvgIpc) is 2.24. The van der Waals surface area contributed by atoms with Crippen LogP contribution in [0.5, 0.6) is 0 Å². The van der Waals surface area contributed by atoms with Gasteiger partial charge in [-0.15, -0.1) is 0 Å². The van der Waals surface area contributed by atoms with Crippen LogP contribution in [0, 0.1) is 0 Å². The van der Waals surface area contributed by atoms with Crippen LogP contribution in [0.2, 0.25) is 0 Å². The number of nitrogens with zero attached hydrogens (tertiary/aromatic N) is 2. The van der Waals surface area contributed by atoms with Crippen molar-refractivity contribution in [1.82, 2.24) is 9.80 Å². The number of rotatable bonds is 4. The fraction of sp³-hybridized carbons (Fsp3) is 0.923. The predicted octanol–water partition coefficient (Wildman–Crippen LogP) is 0.904. The van der Waals surface area contributed by atoms with E-state index in [0.717, 1.165) is 6.26 Å². The maximum Gasteiger partial charge on any atom is 0.410 e. The number of amides is 1. The van der Waals surface area contributed by atoms with Crippen molar-refractivity contribution in [2.75, 3.05) is 39.0 Å². The molecule has 124 valence electrons. The SMILES string of the molecule is C[C@@H](CN1CCN(C(=O)OC(C)(C)C)CC1)OS(C)(=O)=O. The summed E-state index contributed by atoms with van der Waals surface area (Å²) in [6.45, 7) is 10.3. The molecule has 0 saturated carbocycles. The Labute approximate surface area is 127 Å². The third-order valence-electron chi connectivity index (χ3n) is 2.88. The molecule has 21 heavy (non-hydrogen) atoms. The molecule has 1 aliphatic heterocycles. The number of carbonyl (C=O) groups is 1. The van der Waals surface area contributed by atoms with Crippen LogP contribution in [0.15, 0.2) is 0 Å². The molecular formula is C13H26N2O5S. The van der Waals surface area contributed by atoms with Crippen LogP contribution in [0.3, 0.4) is 0 Å². The highest BCUT2D eigenvalue weighted by Crippen LogP contribution is 2.12. The minimum atomic E-state index is -3.43. The standard InChI is InChI=1S/C13H26N2O5S/c1-11(20-21(5,17)18)10-14-6-8-15(9-7-14)12(16)19-13(2,3)4/h11H,6-10H2,1-5H3/t11-/m0/s1. The summed E-state index contributed by atoms with van der Waals surface area (Å²) < 4.78 is 32.3. The quantitative estimate of drug-likeness (QED) is 0.716. The number of hydrogen-bond acceptors (Lipinski definition) is 6. The maximum absolute atomic E-state index is 11.9. The zero-order valence-electron chi connectivity index (χ0n) is 13.5. The molecule has 0 spiro atoms. The summed E-state index contributed by atoms with van der Waals surface area (Å²) in [5, 5.41) is 0. The molecule has 0 aromatic carbocycles. The summed E-state index contributed by atoms with van der Waals surface area (Å²) in [6, 6.07) is 0. The molecule has 1 atom stereocenters. The molecule has 1 fully saturated rings. The number of carbonyl (C=O) groups excluding carboxylic acids is 1. The molecule has 1 amide bonds. The van der Waals surface area contributed by atoms with Gasteiger partial charge in [0.2, 0.25) is 0 Å². The summed E-state index contributed by atoms with van der Waals surface area (Å²) in [4.78, 5) is 15.7. The molecule has 0 N–H and O–H groups in total. The number of piperazine rings is 1. The van der Waals surface area contributed by atoms with Gasteiger partial charge in [-0.2, -0.15) is 8.42 Å². The van der Waals surface area contributed by atoms with Gasteiger partial charge in [0, 0.05) is 32.7 Å². The van der Waals surface area contributed by atoms with E-state index in [0.29, 0.717) is 32.7 Å². The van der Waals surface area contributed by atoms with Gasteiger partial charge in [0.1, 0.15) is 5.60 Å². The minimum Gasteiger partial charge on any atom is -0.444 e. The lowest BCUT2D eigenvalue weighted by atomic mass is 10.2. The molecule has 8 heteroatoms. The van der Waals surface area contributed by atoms with Crippen LogP contribution in [0.25, 0.3) is 0 Å². The van der Waals surface area contributed by atoms with Gasteiger partial charge >= 0.3 is 6.09 Å². The van der Waals surface area contributed by atoms with Crippen molar-refractivity contribution in [2.45, 2.75) is 39.4 Å². The van der Waals surface area contributed by atoms with E-state index in [2.05, 4.69) is 4.90 Å². The molecule has 7 nitrogen and oxygen atoms in total. The van der Waals surface area contributed by atoms with Crippen LogP contribution >= 0.6 is 0 Å². The molecule has 1 heterocycles. The first-order valence-corrected chi connectivity index (χ1v) is 8.86. The topological polar surface area (TPSA) is 76.2 Å². The van der Waals surface area contributed by atoms with Gasteiger partial charge in [-0.05, 0) is 27.7 Å². The van der Waals surface area contributed by atoms with Crippen molar-refractivity contribution < 1.29 is 22.1 Å². The monoisotopic (exact) mass is 322 g/mol. The van der Waals surface area contributed by atoms with Crippen LogP contribution < -0.4 is 0 Å². The molecule has 0 radical (unpaired) electrons. The molecule has 0 aliphatic carbocycles. The lowest BCUT2D eigenvalue weighted by Crippen LogP contribution is -2.51. The highest BCUT2D eigenvalue weighted by Gasteiger charge is 2.26. The fourth-order valence-corrected chi connectivity index (χ4v) is 2.79. The Morgan fingerprint density at radius 3 is 2.14 bits per heavy atom. The van der Waals surface area contributed by atoms with E-state index < -0.39 is 21.8 Å². The average molecular weight is 322 g/mol. The Kier molecular flexibility index (Phi) is 6.01. The van der Waals surface area contributed by atoms with Gasteiger partial charge in [0.05, 0.1) is 12.4 Å². The van der Waals surface area contributed by atoms with Crippen molar-refractivity contribution in [3.8, 4) is 0 Å². The number of ether oxygens (including phenoxy) is 1. The highest BCUT2D eigenvalue weighted by atomic mass is 32.2. The van der Waals surface area contributed by atoms with E-state index in [4.69, 9.17) is 8.92 Å². The van der Waals surface area contributed by atoms with E-state index in [9.17, 15) is 13.2 Å². The van der Waals surface area contributed by atoms with Gasteiger partial charge in [-0.25, -0.2) is 4.79 Å². The summed E-state index contributed by atoms with van der Waals surface area (Å²) >= 11 is 0. The Balaban J connectivity index is 2.37. The molecule has 1 rings (SSSR count). The lowest BCUT2D eigenvalue weighted by Gasteiger charge is -2.36. The Morgan fingerprint density at radius 1 is 1.19 bits per heavy atom. The first-order chi connectivity index (χ1) is 9.46. The van der Waals surface area contributed by atoms with Crippen molar-refractivity contribution in [2.24, 2.45) is 0 Å². The Morgan fingerprint density at radius 2 is 1.71 bits per heavy atom. The van der Waals surface area contributed by atoms with Crippen molar-refractivity contribution in [1.29, 1.82) is 0 Å². The van der Waals surface area contributed by atoms with Crippen LogP contribution in [-0.4, -0.2) is 75.0 Å². The minimum absolute atomic E-state index is 0.303. The Bertz CT molecular complexity index is 450. The largest absolute Gasteiger partial charge is 0.444 e. The molecule has 0 unspecified atom stereocenters. The molecule has 1 aliphatic rings. The van der Waals surface area contributed by atoms with Gasteiger partial charge in [0.15, 0.2) is 0 Å². The summed E-state index contributed by atoms with van der Waals surface area (Å²) in [5.41, 5.74) is -0.494. The van der Waals surface area contributed by atoms with E-state index in [-0.39, 0.29) is 6.09 Å². The third-order valence-corrected chi connectivity index (χ3v) is 3.56. The third kappa shape index (κ3) is 7.63. The Hall–Kier alpha value is -0.860. The zero-order valence-corrected chi connectivity index (χ0v) is 14.3. The highest BCUT2D eigenvalue weighted by molar-refractivity contribution is 7.86. The molecular weight excluding hydrogens is 296 g/mol. The van der Waals surface area contributed by atoms with Crippen molar-refractivity contribution in [3.05, 3.63) is 0 Å². The van der Waals surface area contributed by atoms with Crippen LogP contribution in [0.1, 0.15) is 27.7 Å². The first kappa shape index (κ1) is 18.2. The second-order valence-electron chi connectivity index (χ2n) is 6.38. The normalized spacial score (nSPS) is 19.4. The van der Waals surface area contributed by atoms with E-state index in [1.165, 1.54) is 0 Å². The zero-order chi connectivity index (χ0) is 16.3. The maximum atomic E-state index is 11.9. The second kappa shape index (κ2) is 6.93. The van der Waals surface area contributed by atoms with E-state index in [1.807, 2.05) is 20.8 Å². The van der Waals surface area contributed by atoms with Crippen LogP contribution in [-0.2, 0) is 19.0 Å². The first-order valence-electron chi connectivity index (χ1n) is 7.05.